The summed E-state index contributed by atoms with van der Waals surface area (Å²) in [7, 11) is 0. The second kappa shape index (κ2) is 3.39. The van der Waals surface area contributed by atoms with E-state index >= 15 is 0 Å². The van der Waals surface area contributed by atoms with Gasteiger partial charge in [-0.05, 0) is 0 Å². The molecule has 3 heteroatoms. The average molecular weight is 194 g/mol. The van der Waals surface area contributed by atoms with Gasteiger partial charge in [-0.3, -0.25) is 9.69 Å². The fourth-order valence-corrected chi connectivity index (χ4v) is 2.58. The maximum Gasteiger partial charge on any atom is 0.222 e. The maximum absolute atomic E-state index is 11.3. The van der Waals surface area contributed by atoms with E-state index in [1.54, 1.807) is 0 Å². The first-order valence-electron chi connectivity index (χ1n) is 5.30. The molecule has 2 fully saturated rings. The number of carbonyl (C=O) groups is 1. The van der Waals surface area contributed by atoms with Crippen LogP contribution in [0.3, 0.4) is 0 Å². The van der Waals surface area contributed by atoms with Crippen molar-refractivity contribution in [3.05, 3.63) is 12.7 Å². The van der Waals surface area contributed by atoms with Crippen LogP contribution in [0, 0.1) is 5.41 Å². The van der Waals surface area contributed by atoms with Crippen LogP contribution >= 0.6 is 0 Å². The highest BCUT2D eigenvalue weighted by Gasteiger charge is 2.52. The van der Waals surface area contributed by atoms with Gasteiger partial charge in [0.1, 0.15) is 0 Å². The fourth-order valence-electron chi connectivity index (χ4n) is 2.58. The summed E-state index contributed by atoms with van der Waals surface area (Å²) in [6, 6.07) is 0. The lowest BCUT2D eigenvalue weighted by molar-refractivity contribution is -0.157. The Labute approximate surface area is 85.4 Å². The van der Waals surface area contributed by atoms with Gasteiger partial charge in [0.15, 0.2) is 0 Å². The SMILES string of the molecule is C=CCN1CC2(C1)CN(C(=O)CC)C2. The topological polar surface area (TPSA) is 23.6 Å². The number of carbonyl (C=O) groups excluding carboxylic acids is 1. The number of hydrogen-bond acceptors (Lipinski definition) is 2. The largest absolute Gasteiger partial charge is 0.341 e. The minimum absolute atomic E-state index is 0.304. The number of amides is 1. The molecule has 0 aromatic rings. The molecule has 2 heterocycles. The summed E-state index contributed by atoms with van der Waals surface area (Å²) < 4.78 is 0. The molecule has 1 amide bonds. The van der Waals surface area contributed by atoms with Gasteiger partial charge < -0.3 is 4.90 Å². The molecule has 0 atom stereocenters. The van der Waals surface area contributed by atoms with Crippen LogP contribution in [0.2, 0.25) is 0 Å². The lowest BCUT2D eigenvalue weighted by atomic mass is 9.72. The number of likely N-dealkylation sites (tertiary alicyclic amines) is 2. The zero-order valence-corrected chi connectivity index (χ0v) is 8.83. The predicted molar refractivity (Wildman–Crippen MR) is 55.9 cm³/mol. The van der Waals surface area contributed by atoms with E-state index in [1.165, 1.54) is 0 Å². The molecule has 14 heavy (non-hydrogen) atoms. The summed E-state index contributed by atoms with van der Waals surface area (Å²) in [6.45, 7) is 10.9. The summed E-state index contributed by atoms with van der Waals surface area (Å²) in [6.07, 6.45) is 2.59. The Bertz CT molecular complexity index is 248. The smallest absolute Gasteiger partial charge is 0.222 e. The van der Waals surface area contributed by atoms with Gasteiger partial charge in [-0.25, -0.2) is 0 Å². The summed E-state index contributed by atoms with van der Waals surface area (Å²) in [5, 5.41) is 0. The van der Waals surface area contributed by atoms with Crippen molar-refractivity contribution in [2.75, 3.05) is 32.7 Å². The van der Waals surface area contributed by atoms with Crippen molar-refractivity contribution in [1.29, 1.82) is 0 Å². The molecule has 0 radical (unpaired) electrons. The van der Waals surface area contributed by atoms with Crippen LogP contribution in [0.1, 0.15) is 13.3 Å². The molecule has 0 saturated carbocycles. The third-order valence-electron chi connectivity index (χ3n) is 3.21. The third-order valence-corrected chi connectivity index (χ3v) is 3.21. The Morgan fingerprint density at radius 3 is 2.57 bits per heavy atom. The van der Waals surface area contributed by atoms with Crippen molar-refractivity contribution in [2.24, 2.45) is 5.41 Å². The summed E-state index contributed by atoms with van der Waals surface area (Å²) in [4.78, 5) is 15.7. The van der Waals surface area contributed by atoms with Crippen LogP contribution in [0.25, 0.3) is 0 Å². The lowest BCUT2D eigenvalue weighted by Gasteiger charge is -2.60. The van der Waals surface area contributed by atoms with E-state index in [4.69, 9.17) is 0 Å². The highest BCUT2D eigenvalue weighted by Crippen LogP contribution is 2.39. The van der Waals surface area contributed by atoms with Gasteiger partial charge in [0.2, 0.25) is 5.91 Å². The molecular formula is C11H18N2O. The minimum Gasteiger partial charge on any atom is -0.341 e. The van der Waals surface area contributed by atoms with Crippen molar-refractivity contribution >= 4 is 5.91 Å². The molecule has 0 aliphatic carbocycles. The molecular weight excluding hydrogens is 176 g/mol. The molecule has 0 bridgehead atoms. The van der Waals surface area contributed by atoms with Crippen LogP contribution in [0.4, 0.5) is 0 Å². The third kappa shape index (κ3) is 1.46. The molecule has 0 N–H and O–H groups in total. The molecule has 2 aliphatic rings. The van der Waals surface area contributed by atoms with E-state index in [0.29, 0.717) is 17.7 Å². The van der Waals surface area contributed by atoms with Crippen LogP contribution in [0.5, 0.6) is 0 Å². The first-order chi connectivity index (χ1) is 6.69. The Hall–Kier alpha value is -0.830. The van der Waals surface area contributed by atoms with Crippen molar-refractivity contribution < 1.29 is 4.79 Å². The molecule has 0 aromatic heterocycles. The second-order valence-electron chi connectivity index (χ2n) is 4.56. The normalized spacial score (nSPS) is 24.2. The first-order valence-corrected chi connectivity index (χ1v) is 5.30. The van der Waals surface area contributed by atoms with Crippen LogP contribution in [-0.4, -0.2) is 48.4 Å². The minimum atomic E-state index is 0.304. The van der Waals surface area contributed by atoms with Gasteiger partial charge in [0.05, 0.1) is 0 Å². The fraction of sp³-hybridized carbons (Fsp3) is 0.727. The van der Waals surface area contributed by atoms with Gasteiger partial charge in [0.25, 0.3) is 0 Å². The summed E-state index contributed by atoms with van der Waals surface area (Å²) in [5.74, 6) is 0.304. The highest BCUT2D eigenvalue weighted by atomic mass is 16.2. The van der Waals surface area contributed by atoms with E-state index in [-0.39, 0.29) is 0 Å². The van der Waals surface area contributed by atoms with Gasteiger partial charge >= 0.3 is 0 Å². The van der Waals surface area contributed by atoms with E-state index < -0.39 is 0 Å². The van der Waals surface area contributed by atoms with Crippen molar-refractivity contribution in [3.8, 4) is 0 Å². The molecule has 0 aromatic carbocycles. The van der Waals surface area contributed by atoms with Crippen molar-refractivity contribution in [2.45, 2.75) is 13.3 Å². The quantitative estimate of drug-likeness (QED) is 0.618. The van der Waals surface area contributed by atoms with Crippen molar-refractivity contribution in [1.82, 2.24) is 9.80 Å². The number of nitrogens with zero attached hydrogens (tertiary/aromatic N) is 2. The highest BCUT2D eigenvalue weighted by molar-refractivity contribution is 5.77. The second-order valence-corrected chi connectivity index (χ2v) is 4.56. The van der Waals surface area contributed by atoms with Gasteiger partial charge in [-0.1, -0.05) is 13.0 Å². The lowest BCUT2D eigenvalue weighted by Crippen LogP contribution is -2.72. The standard InChI is InChI=1S/C11H18N2O/c1-3-5-12-6-11(7-12)8-13(9-11)10(14)4-2/h3H,1,4-9H2,2H3. The van der Waals surface area contributed by atoms with E-state index in [2.05, 4.69) is 11.5 Å². The Morgan fingerprint density at radius 2 is 2.07 bits per heavy atom. The van der Waals surface area contributed by atoms with Crippen LogP contribution in [0.15, 0.2) is 12.7 Å². The maximum atomic E-state index is 11.3. The first kappa shape index (κ1) is 9.71. The average Bonchev–Trinajstić information content (AvgIpc) is 2.05. The van der Waals surface area contributed by atoms with Gasteiger partial charge in [0, 0.05) is 44.6 Å². The molecule has 2 aliphatic heterocycles. The van der Waals surface area contributed by atoms with Crippen molar-refractivity contribution in [3.63, 3.8) is 0 Å². The monoisotopic (exact) mass is 194 g/mol. The zero-order chi connectivity index (χ0) is 10.2. The predicted octanol–water partition coefficient (Wildman–Crippen LogP) is 0.727. The van der Waals surface area contributed by atoms with Crippen LogP contribution in [-0.2, 0) is 4.79 Å². The molecule has 78 valence electrons. The molecule has 2 rings (SSSR count). The number of rotatable bonds is 3. The summed E-state index contributed by atoms with van der Waals surface area (Å²) in [5.41, 5.74) is 0.452. The van der Waals surface area contributed by atoms with Crippen LogP contribution < -0.4 is 0 Å². The van der Waals surface area contributed by atoms with Gasteiger partial charge in [-0.2, -0.15) is 0 Å². The molecule has 1 spiro atoms. The Kier molecular flexibility index (Phi) is 2.35. The Balaban J connectivity index is 1.74. The molecule has 3 nitrogen and oxygen atoms in total. The Morgan fingerprint density at radius 1 is 1.43 bits per heavy atom. The summed E-state index contributed by atoms with van der Waals surface area (Å²) >= 11 is 0. The van der Waals surface area contributed by atoms with E-state index in [9.17, 15) is 4.79 Å². The van der Waals surface area contributed by atoms with E-state index in [0.717, 1.165) is 32.7 Å². The number of hydrogen-bond donors (Lipinski definition) is 0. The molecule has 0 unspecified atom stereocenters. The molecule has 2 saturated heterocycles. The zero-order valence-electron chi connectivity index (χ0n) is 8.83. The van der Waals surface area contributed by atoms with Gasteiger partial charge in [-0.15, -0.1) is 6.58 Å². The van der Waals surface area contributed by atoms with E-state index in [1.807, 2.05) is 17.9 Å².